The normalized spacial score (nSPS) is 25.8. The van der Waals surface area contributed by atoms with Crippen LogP contribution in [0.3, 0.4) is 0 Å². The molecule has 3 nitrogen and oxygen atoms in total. The first-order valence-electron chi connectivity index (χ1n) is 5.38. The number of rotatable bonds is 2. The first-order valence-corrected chi connectivity index (χ1v) is 5.75. The molecule has 15 heavy (non-hydrogen) atoms. The monoisotopic (exact) mass is 226 g/mol. The first-order chi connectivity index (χ1) is 7.19. The standard InChI is InChI=1S/C11H15ClN2O/c1-3-8-6-10(12)14-11(13-8)9-5-4-7(2)15-9/h6-7,9H,3-5H2,1-2H3. The molecule has 2 atom stereocenters. The van der Waals surface area contributed by atoms with Gasteiger partial charge in [0.15, 0.2) is 5.82 Å². The fraction of sp³-hybridized carbons (Fsp3) is 0.636. The molecule has 0 radical (unpaired) electrons. The van der Waals surface area contributed by atoms with Crippen LogP contribution in [0.2, 0.25) is 5.15 Å². The van der Waals surface area contributed by atoms with Gasteiger partial charge < -0.3 is 4.74 Å². The van der Waals surface area contributed by atoms with Crippen LogP contribution in [0, 0.1) is 0 Å². The SMILES string of the molecule is CCc1cc(Cl)nc(C2CCC(C)O2)n1. The first kappa shape index (κ1) is 10.8. The lowest BCUT2D eigenvalue weighted by Crippen LogP contribution is -2.07. The Morgan fingerprint density at radius 2 is 2.27 bits per heavy atom. The van der Waals surface area contributed by atoms with Crippen LogP contribution in [-0.2, 0) is 11.2 Å². The van der Waals surface area contributed by atoms with Gasteiger partial charge >= 0.3 is 0 Å². The van der Waals surface area contributed by atoms with Crippen LogP contribution in [0.4, 0.5) is 0 Å². The summed E-state index contributed by atoms with van der Waals surface area (Å²) in [5.74, 6) is 0.740. The second-order valence-corrected chi connectivity index (χ2v) is 4.29. The molecule has 82 valence electrons. The maximum absolute atomic E-state index is 5.94. The van der Waals surface area contributed by atoms with Crippen molar-refractivity contribution >= 4 is 11.6 Å². The summed E-state index contributed by atoms with van der Waals surface area (Å²) in [5.41, 5.74) is 0.980. The quantitative estimate of drug-likeness (QED) is 0.728. The largest absolute Gasteiger partial charge is 0.367 e. The summed E-state index contributed by atoms with van der Waals surface area (Å²) in [6.07, 6.45) is 3.27. The fourth-order valence-electron chi connectivity index (χ4n) is 1.80. The Hall–Kier alpha value is -0.670. The van der Waals surface area contributed by atoms with Gasteiger partial charge in [-0.05, 0) is 32.3 Å². The van der Waals surface area contributed by atoms with Crippen LogP contribution in [0.25, 0.3) is 0 Å². The highest BCUT2D eigenvalue weighted by atomic mass is 35.5. The topological polar surface area (TPSA) is 35.0 Å². The van der Waals surface area contributed by atoms with Crippen molar-refractivity contribution in [3.8, 4) is 0 Å². The molecule has 2 heterocycles. The van der Waals surface area contributed by atoms with Gasteiger partial charge in [-0.15, -0.1) is 0 Å². The predicted octanol–water partition coefficient (Wildman–Crippen LogP) is 2.93. The van der Waals surface area contributed by atoms with E-state index in [2.05, 4.69) is 23.8 Å². The molecule has 0 aromatic carbocycles. The van der Waals surface area contributed by atoms with E-state index < -0.39 is 0 Å². The number of hydrogen-bond donors (Lipinski definition) is 0. The molecule has 0 spiro atoms. The molecular formula is C11H15ClN2O. The highest BCUT2D eigenvalue weighted by Gasteiger charge is 2.26. The van der Waals surface area contributed by atoms with E-state index in [0.29, 0.717) is 11.3 Å². The molecule has 1 aromatic heterocycles. The lowest BCUT2D eigenvalue weighted by molar-refractivity contribution is 0.0501. The van der Waals surface area contributed by atoms with E-state index >= 15 is 0 Å². The molecule has 2 rings (SSSR count). The van der Waals surface area contributed by atoms with Crippen LogP contribution in [0.15, 0.2) is 6.07 Å². The molecule has 0 N–H and O–H groups in total. The van der Waals surface area contributed by atoms with Gasteiger partial charge in [-0.3, -0.25) is 0 Å². The number of nitrogens with zero attached hydrogens (tertiary/aromatic N) is 2. The summed E-state index contributed by atoms with van der Waals surface area (Å²) in [7, 11) is 0. The number of halogens is 1. The Balaban J connectivity index is 2.24. The van der Waals surface area contributed by atoms with Crippen LogP contribution in [0.5, 0.6) is 0 Å². The van der Waals surface area contributed by atoms with E-state index in [4.69, 9.17) is 16.3 Å². The molecule has 1 aromatic rings. The molecule has 1 fully saturated rings. The number of aromatic nitrogens is 2. The number of aryl methyl sites for hydroxylation is 1. The van der Waals surface area contributed by atoms with Crippen molar-refractivity contribution in [1.29, 1.82) is 0 Å². The number of hydrogen-bond acceptors (Lipinski definition) is 3. The third-order valence-electron chi connectivity index (χ3n) is 2.65. The van der Waals surface area contributed by atoms with Gasteiger partial charge in [0.05, 0.1) is 6.10 Å². The summed E-state index contributed by atoms with van der Waals surface area (Å²) in [5, 5.41) is 0.514. The zero-order valence-corrected chi connectivity index (χ0v) is 9.79. The highest BCUT2D eigenvalue weighted by molar-refractivity contribution is 6.29. The van der Waals surface area contributed by atoms with E-state index in [1.165, 1.54) is 0 Å². The van der Waals surface area contributed by atoms with Gasteiger partial charge in [-0.1, -0.05) is 18.5 Å². The molecule has 0 aliphatic carbocycles. The number of ether oxygens (including phenoxy) is 1. The van der Waals surface area contributed by atoms with Gasteiger partial charge in [-0.25, -0.2) is 9.97 Å². The maximum atomic E-state index is 5.94. The van der Waals surface area contributed by atoms with Gasteiger partial charge in [-0.2, -0.15) is 0 Å². The Bertz CT molecular complexity index is 356. The van der Waals surface area contributed by atoms with Gasteiger partial charge in [0, 0.05) is 5.69 Å². The molecule has 0 amide bonds. The van der Waals surface area contributed by atoms with Crippen molar-refractivity contribution in [2.24, 2.45) is 0 Å². The Morgan fingerprint density at radius 3 is 2.87 bits per heavy atom. The molecule has 0 bridgehead atoms. The molecule has 1 aliphatic rings. The average molecular weight is 227 g/mol. The minimum Gasteiger partial charge on any atom is -0.367 e. The summed E-state index contributed by atoms with van der Waals surface area (Å²) in [6.45, 7) is 4.13. The minimum absolute atomic E-state index is 0.0315. The second kappa shape index (κ2) is 4.45. The van der Waals surface area contributed by atoms with Crippen LogP contribution < -0.4 is 0 Å². The summed E-state index contributed by atoms with van der Waals surface area (Å²) in [6, 6.07) is 1.81. The van der Waals surface area contributed by atoms with E-state index in [1.807, 2.05) is 6.07 Å². The summed E-state index contributed by atoms with van der Waals surface area (Å²) >= 11 is 5.94. The maximum Gasteiger partial charge on any atom is 0.159 e. The van der Waals surface area contributed by atoms with Crippen LogP contribution >= 0.6 is 11.6 Å². The van der Waals surface area contributed by atoms with Crippen LogP contribution in [0.1, 0.15) is 44.3 Å². The second-order valence-electron chi connectivity index (χ2n) is 3.91. The van der Waals surface area contributed by atoms with Gasteiger partial charge in [0.2, 0.25) is 0 Å². The predicted molar refractivity (Wildman–Crippen MR) is 58.9 cm³/mol. The van der Waals surface area contributed by atoms with Crippen molar-refractivity contribution in [3.63, 3.8) is 0 Å². The highest BCUT2D eigenvalue weighted by Crippen LogP contribution is 2.31. The summed E-state index contributed by atoms with van der Waals surface area (Å²) in [4.78, 5) is 8.68. The third-order valence-corrected chi connectivity index (χ3v) is 2.84. The van der Waals surface area contributed by atoms with Crippen molar-refractivity contribution < 1.29 is 4.74 Å². The molecule has 4 heteroatoms. The van der Waals surface area contributed by atoms with Gasteiger partial charge in [0.25, 0.3) is 0 Å². The lowest BCUT2D eigenvalue weighted by Gasteiger charge is -2.10. The zero-order chi connectivity index (χ0) is 10.8. The van der Waals surface area contributed by atoms with Crippen molar-refractivity contribution in [2.45, 2.75) is 45.3 Å². The Kier molecular flexibility index (Phi) is 3.22. The third kappa shape index (κ3) is 2.47. The average Bonchev–Trinajstić information content (AvgIpc) is 2.64. The molecule has 1 aliphatic heterocycles. The van der Waals surface area contributed by atoms with E-state index in [1.54, 1.807) is 0 Å². The van der Waals surface area contributed by atoms with E-state index in [0.717, 1.165) is 30.8 Å². The molecule has 0 saturated carbocycles. The van der Waals surface area contributed by atoms with Crippen LogP contribution in [-0.4, -0.2) is 16.1 Å². The minimum atomic E-state index is 0.0315. The molecule has 2 unspecified atom stereocenters. The van der Waals surface area contributed by atoms with E-state index in [-0.39, 0.29) is 6.10 Å². The lowest BCUT2D eigenvalue weighted by atomic mass is 10.2. The summed E-state index contributed by atoms with van der Waals surface area (Å²) < 4.78 is 5.72. The van der Waals surface area contributed by atoms with Gasteiger partial charge in [0.1, 0.15) is 11.3 Å². The molecule has 1 saturated heterocycles. The zero-order valence-electron chi connectivity index (χ0n) is 9.03. The fourth-order valence-corrected chi connectivity index (χ4v) is 2.01. The smallest absolute Gasteiger partial charge is 0.159 e. The van der Waals surface area contributed by atoms with Crippen molar-refractivity contribution in [2.75, 3.05) is 0 Å². The van der Waals surface area contributed by atoms with Crippen molar-refractivity contribution in [1.82, 2.24) is 9.97 Å². The van der Waals surface area contributed by atoms with Crippen molar-refractivity contribution in [3.05, 3.63) is 22.7 Å². The Morgan fingerprint density at radius 1 is 1.47 bits per heavy atom. The van der Waals surface area contributed by atoms with E-state index in [9.17, 15) is 0 Å². The Labute approximate surface area is 94.8 Å². The molecular weight excluding hydrogens is 212 g/mol.